The van der Waals surface area contributed by atoms with Gasteiger partial charge in [-0.25, -0.2) is 8.78 Å². The third-order valence-corrected chi connectivity index (χ3v) is 4.43. The molecule has 2 amide bonds. The Balaban J connectivity index is 1.93. The fourth-order valence-corrected chi connectivity index (χ4v) is 2.75. The zero-order valence-electron chi connectivity index (χ0n) is 16.3. The molecule has 3 rings (SSSR count). The zero-order valence-corrected chi connectivity index (χ0v) is 16.3. The molecule has 0 aliphatic carbocycles. The van der Waals surface area contributed by atoms with E-state index in [9.17, 15) is 18.4 Å². The smallest absolute Gasteiger partial charge is 0.261 e. The molecule has 0 spiro atoms. The van der Waals surface area contributed by atoms with Gasteiger partial charge in [0.25, 0.3) is 11.8 Å². The van der Waals surface area contributed by atoms with Crippen molar-refractivity contribution < 1.29 is 18.4 Å². The first kappa shape index (κ1) is 20.9. The van der Waals surface area contributed by atoms with Crippen LogP contribution in [0.25, 0.3) is 6.08 Å². The summed E-state index contributed by atoms with van der Waals surface area (Å²) in [5.41, 5.74) is 1.29. The molecule has 3 aromatic rings. The van der Waals surface area contributed by atoms with Crippen LogP contribution in [0.3, 0.4) is 0 Å². The average Bonchev–Trinajstić information content (AvgIpc) is 2.75. The van der Waals surface area contributed by atoms with Gasteiger partial charge in [-0.2, -0.15) is 0 Å². The van der Waals surface area contributed by atoms with Gasteiger partial charge in [0.1, 0.15) is 17.2 Å². The Hall–Kier alpha value is -3.80. The van der Waals surface area contributed by atoms with E-state index in [0.29, 0.717) is 5.56 Å². The van der Waals surface area contributed by atoms with Crippen molar-refractivity contribution in [3.63, 3.8) is 0 Å². The van der Waals surface area contributed by atoms with E-state index in [1.54, 1.807) is 24.3 Å². The Morgan fingerprint density at radius 2 is 1.23 bits per heavy atom. The van der Waals surface area contributed by atoms with Crippen LogP contribution in [0, 0.1) is 11.6 Å². The summed E-state index contributed by atoms with van der Waals surface area (Å²) in [6.45, 7) is 2.01. The van der Waals surface area contributed by atoms with Crippen molar-refractivity contribution in [2.24, 2.45) is 0 Å². The predicted molar refractivity (Wildman–Crippen MR) is 114 cm³/mol. The second-order valence-electron chi connectivity index (χ2n) is 6.52. The number of carbonyl (C=O) groups excluding carboxylic acids is 2. The van der Waals surface area contributed by atoms with Gasteiger partial charge >= 0.3 is 0 Å². The summed E-state index contributed by atoms with van der Waals surface area (Å²) in [6, 6.07) is 18.6. The topological polar surface area (TPSA) is 58.2 Å². The molecule has 0 unspecified atom stereocenters. The number of hydrogen-bond acceptors (Lipinski definition) is 2. The second kappa shape index (κ2) is 9.60. The fourth-order valence-electron chi connectivity index (χ4n) is 2.75. The van der Waals surface area contributed by atoms with Crippen LogP contribution in [0.4, 0.5) is 20.2 Å². The summed E-state index contributed by atoms with van der Waals surface area (Å²) in [6.07, 6.45) is 2.23. The van der Waals surface area contributed by atoms with Gasteiger partial charge in [0.05, 0.1) is 11.4 Å². The number of rotatable bonds is 6. The Morgan fingerprint density at radius 1 is 0.767 bits per heavy atom. The van der Waals surface area contributed by atoms with Gasteiger partial charge < -0.3 is 10.6 Å². The van der Waals surface area contributed by atoms with Crippen LogP contribution >= 0.6 is 0 Å². The standard InChI is InChI=1S/C24H20F2N2O2/c1-2-16-11-13-17(14-12-16)15-18(23(29)27-21-9-5-3-7-19(21)25)24(30)28-22-10-6-4-8-20(22)26/h3-15H,2H2,1H3,(H,27,29)(H,28,30). The minimum absolute atomic E-state index is 0.0616. The number of nitrogens with one attached hydrogen (secondary N) is 2. The Labute approximate surface area is 173 Å². The maximum Gasteiger partial charge on any atom is 0.261 e. The van der Waals surface area contributed by atoms with E-state index >= 15 is 0 Å². The number of aryl methyl sites for hydroxylation is 1. The number of anilines is 2. The van der Waals surface area contributed by atoms with E-state index in [0.717, 1.165) is 12.0 Å². The van der Waals surface area contributed by atoms with Crippen LogP contribution in [0.15, 0.2) is 78.4 Å². The molecule has 0 bridgehead atoms. The van der Waals surface area contributed by atoms with Crippen molar-refractivity contribution in [3.05, 3.63) is 101 Å². The molecule has 0 saturated heterocycles. The summed E-state index contributed by atoms with van der Waals surface area (Å²) >= 11 is 0. The third kappa shape index (κ3) is 5.17. The maximum atomic E-state index is 13.9. The van der Waals surface area contributed by atoms with Crippen LogP contribution < -0.4 is 10.6 Å². The van der Waals surface area contributed by atoms with E-state index in [-0.39, 0.29) is 16.9 Å². The first-order valence-corrected chi connectivity index (χ1v) is 9.40. The van der Waals surface area contributed by atoms with E-state index in [1.807, 2.05) is 19.1 Å². The molecule has 4 nitrogen and oxygen atoms in total. The van der Waals surface area contributed by atoms with E-state index in [4.69, 9.17) is 0 Å². The number of para-hydroxylation sites is 2. The Kier molecular flexibility index (Phi) is 6.70. The molecule has 0 radical (unpaired) electrons. The maximum absolute atomic E-state index is 13.9. The third-order valence-electron chi connectivity index (χ3n) is 4.43. The van der Waals surface area contributed by atoms with Gasteiger partial charge in [-0.1, -0.05) is 55.5 Å². The lowest BCUT2D eigenvalue weighted by Crippen LogP contribution is -2.26. The summed E-state index contributed by atoms with van der Waals surface area (Å²) in [5, 5.41) is 4.80. The number of hydrogen-bond donors (Lipinski definition) is 2. The van der Waals surface area contributed by atoms with Crippen molar-refractivity contribution in [2.75, 3.05) is 10.6 Å². The fraction of sp³-hybridized carbons (Fsp3) is 0.0833. The summed E-state index contributed by atoms with van der Waals surface area (Å²) in [4.78, 5) is 25.6. The van der Waals surface area contributed by atoms with Gasteiger partial charge in [-0.15, -0.1) is 0 Å². The first-order chi connectivity index (χ1) is 14.5. The van der Waals surface area contributed by atoms with Crippen LogP contribution in [0.1, 0.15) is 18.1 Å². The highest BCUT2D eigenvalue weighted by molar-refractivity contribution is 6.28. The number of halogens is 2. The van der Waals surface area contributed by atoms with Gasteiger partial charge in [-0.3, -0.25) is 9.59 Å². The number of amides is 2. The molecule has 0 fully saturated rings. The van der Waals surface area contributed by atoms with Gasteiger partial charge in [0.2, 0.25) is 0 Å². The molecule has 0 aromatic heterocycles. The molecule has 0 heterocycles. The summed E-state index contributed by atoms with van der Waals surface area (Å²) in [5.74, 6) is -2.89. The van der Waals surface area contributed by atoms with Gasteiger partial charge in [0, 0.05) is 0 Å². The number of benzene rings is 3. The Bertz CT molecular complexity index is 1030. The zero-order chi connectivity index (χ0) is 21.5. The Morgan fingerprint density at radius 3 is 1.67 bits per heavy atom. The van der Waals surface area contributed by atoms with E-state index < -0.39 is 23.4 Å². The molecule has 152 valence electrons. The largest absolute Gasteiger partial charge is 0.319 e. The molecule has 0 atom stereocenters. The highest BCUT2D eigenvalue weighted by Gasteiger charge is 2.21. The molecule has 3 aromatic carbocycles. The first-order valence-electron chi connectivity index (χ1n) is 9.40. The predicted octanol–water partition coefficient (Wildman–Crippen LogP) is 5.19. The van der Waals surface area contributed by atoms with Crippen molar-refractivity contribution >= 4 is 29.3 Å². The molecule has 0 aliphatic rings. The van der Waals surface area contributed by atoms with Crippen LogP contribution in [-0.4, -0.2) is 11.8 Å². The summed E-state index contributed by atoms with van der Waals surface area (Å²) in [7, 11) is 0. The summed E-state index contributed by atoms with van der Waals surface area (Å²) < 4.78 is 27.9. The average molecular weight is 406 g/mol. The van der Waals surface area contributed by atoms with Gasteiger partial charge in [-0.05, 0) is 47.9 Å². The quantitative estimate of drug-likeness (QED) is 0.336. The lowest BCUT2D eigenvalue weighted by atomic mass is 10.1. The lowest BCUT2D eigenvalue weighted by molar-refractivity contribution is -0.118. The highest BCUT2D eigenvalue weighted by atomic mass is 19.1. The minimum atomic E-state index is -0.812. The van der Waals surface area contributed by atoms with Crippen molar-refractivity contribution in [1.29, 1.82) is 0 Å². The molecule has 30 heavy (non-hydrogen) atoms. The van der Waals surface area contributed by atoms with Crippen molar-refractivity contribution in [2.45, 2.75) is 13.3 Å². The normalized spacial score (nSPS) is 10.2. The molecule has 2 N–H and O–H groups in total. The number of carbonyl (C=O) groups is 2. The van der Waals surface area contributed by atoms with Crippen molar-refractivity contribution in [1.82, 2.24) is 0 Å². The lowest BCUT2D eigenvalue weighted by Gasteiger charge is -2.11. The van der Waals surface area contributed by atoms with Crippen LogP contribution in [-0.2, 0) is 16.0 Å². The van der Waals surface area contributed by atoms with Crippen LogP contribution in [0.5, 0.6) is 0 Å². The molecule has 6 heteroatoms. The monoisotopic (exact) mass is 406 g/mol. The SMILES string of the molecule is CCc1ccc(C=C(C(=O)Nc2ccccc2F)C(=O)Nc2ccccc2F)cc1. The van der Waals surface area contributed by atoms with E-state index in [2.05, 4.69) is 10.6 Å². The minimum Gasteiger partial charge on any atom is -0.319 e. The van der Waals surface area contributed by atoms with E-state index in [1.165, 1.54) is 42.5 Å². The molecular formula is C24H20F2N2O2. The molecular weight excluding hydrogens is 386 g/mol. The molecule has 0 aliphatic heterocycles. The van der Waals surface area contributed by atoms with Gasteiger partial charge in [0.15, 0.2) is 0 Å². The van der Waals surface area contributed by atoms with Crippen LogP contribution in [0.2, 0.25) is 0 Å². The second-order valence-corrected chi connectivity index (χ2v) is 6.52. The van der Waals surface area contributed by atoms with Crippen molar-refractivity contribution in [3.8, 4) is 0 Å². The highest BCUT2D eigenvalue weighted by Crippen LogP contribution is 2.18. The molecule has 0 saturated carbocycles.